The Labute approximate surface area is 505 Å². The third-order valence-corrected chi connectivity index (χ3v) is 18.5. The number of esters is 3. The van der Waals surface area contributed by atoms with Crippen molar-refractivity contribution in [2.24, 2.45) is 0 Å². The third kappa shape index (κ3) is 26.8. The minimum atomic E-state index is -3.78. The van der Waals surface area contributed by atoms with Gasteiger partial charge in [-0.25, -0.2) is 4.79 Å². The van der Waals surface area contributed by atoms with E-state index in [1.54, 1.807) is 24.3 Å². The molecule has 1 aliphatic heterocycles. The molecule has 1 saturated heterocycles. The molecule has 17 nitrogen and oxygen atoms in total. The molecule has 85 heavy (non-hydrogen) atoms. The topological polar surface area (TPSA) is 218 Å². The maximum atomic E-state index is 14.6. The zero-order chi connectivity index (χ0) is 61.1. The van der Waals surface area contributed by atoms with Crippen LogP contribution in [-0.4, -0.2) is 97.3 Å². The lowest BCUT2D eigenvalue weighted by Gasteiger charge is -2.44. The minimum absolute atomic E-state index is 0.0391. The van der Waals surface area contributed by atoms with Crippen LogP contribution in [0.1, 0.15) is 183 Å². The lowest BCUT2D eigenvalue weighted by atomic mass is 9.95. The molecular weight excluding hydrogens is 1120 g/mol. The number of hydrogen-bond donors (Lipinski definition) is 2. The molecule has 470 valence electrons. The quantitative estimate of drug-likeness (QED) is 0.0182. The van der Waals surface area contributed by atoms with Gasteiger partial charge in [0.2, 0.25) is 5.91 Å². The predicted octanol–water partition coefficient (Wildman–Crippen LogP) is 14.3. The summed E-state index contributed by atoms with van der Waals surface area (Å²) in [5.74, 6) is -2.42. The number of carbonyl (C=O) groups excluding carboxylic acids is 4. The minimum Gasteiger partial charge on any atom is -0.461 e. The van der Waals surface area contributed by atoms with Crippen LogP contribution in [0.15, 0.2) is 115 Å². The predicted molar refractivity (Wildman–Crippen MR) is 328 cm³/mol. The van der Waals surface area contributed by atoms with Gasteiger partial charge in [-0.15, -0.1) is 0 Å². The van der Waals surface area contributed by atoms with Crippen LogP contribution in [-0.2, 0) is 91.5 Å². The highest BCUT2D eigenvalue weighted by molar-refractivity contribution is 7.54. The lowest BCUT2D eigenvalue weighted by Crippen LogP contribution is -2.66. The van der Waals surface area contributed by atoms with Crippen LogP contribution in [0.5, 0.6) is 0 Å². The normalized spacial score (nSPS) is 19.0. The molecule has 0 spiro atoms. The van der Waals surface area contributed by atoms with Crippen molar-refractivity contribution >= 4 is 39.0 Å². The number of aryl methyl sites for hydroxylation is 1. The van der Waals surface area contributed by atoms with Gasteiger partial charge in [0.05, 0.1) is 56.2 Å². The summed E-state index contributed by atoms with van der Waals surface area (Å²) >= 11 is 0. The van der Waals surface area contributed by atoms with Crippen LogP contribution in [0.25, 0.3) is 0 Å². The van der Waals surface area contributed by atoms with Gasteiger partial charge in [0.15, 0.2) is 12.4 Å². The van der Waals surface area contributed by atoms with E-state index in [9.17, 15) is 33.4 Å². The lowest BCUT2D eigenvalue weighted by molar-refractivity contribution is -0.273. The Balaban J connectivity index is 1.38. The van der Waals surface area contributed by atoms with E-state index in [1.807, 2.05) is 119 Å². The van der Waals surface area contributed by atoms with E-state index in [-0.39, 0.29) is 69.5 Å². The molecule has 0 aromatic heterocycles. The summed E-state index contributed by atoms with van der Waals surface area (Å²) in [5.41, 5.74) is 3.65. The van der Waals surface area contributed by atoms with E-state index in [2.05, 4.69) is 12.2 Å². The first-order chi connectivity index (χ1) is 41.2. The molecule has 9 atom stereocenters. The van der Waals surface area contributed by atoms with E-state index in [0.717, 1.165) is 67.2 Å². The molecule has 1 fully saturated rings. The zero-order valence-electron chi connectivity index (χ0n) is 50.9. The van der Waals surface area contributed by atoms with Crippen molar-refractivity contribution in [1.82, 2.24) is 5.32 Å². The Hall–Kier alpha value is -5.06. The van der Waals surface area contributed by atoms with Gasteiger partial charge in [0.1, 0.15) is 31.5 Å². The molecular formula is C66H95NO16P2. The maximum absolute atomic E-state index is 14.6. The fourth-order valence-electron chi connectivity index (χ4n) is 9.54. The molecule has 1 amide bonds. The fraction of sp³-hybridized carbons (Fsp3) is 0.576. The molecule has 2 N–H and O–H groups in total. The molecule has 0 saturated carbocycles. The Kier molecular flexibility index (Phi) is 33.0. The number of hydrogen-bond acceptors (Lipinski definition) is 16. The second-order valence-electron chi connectivity index (χ2n) is 21.8. The number of benzene rings is 4. The first kappa shape index (κ1) is 70.7. The Morgan fingerprint density at radius 2 is 1.07 bits per heavy atom. The summed E-state index contributed by atoms with van der Waals surface area (Å²) in [4.78, 5) is 55.3. The van der Waals surface area contributed by atoms with Gasteiger partial charge in [0, 0.05) is 13.0 Å². The molecule has 1 aliphatic rings. The fourth-order valence-corrected chi connectivity index (χ4v) is 13.5. The molecule has 1 heterocycles. The van der Waals surface area contributed by atoms with Crippen molar-refractivity contribution in [3.8, 4) is 0 Å². The Morgan fingerprint density at radius 1 is 0.565 bits per heavy atom. The molecule has 19 heteroatoms. The highest BCUT2D eigenvalue weighted by Crippen LogP contribution is 2.53. The summed E-state index contributed by atoms with van der Waals surface area (Å²) < 4.78 is 84.3. The van der Waals surface area contributed by atoms with E-state index in [4.69, 9.17) is 41.8 Å². The molecule has 2 unspecified atom stereocenters. The monoisotopic (exact) mass is 1220 g/mol. The molecule has 0 radical (unpaired) electrons. The van der Waals surface area contributed by atoms with Gasteiger partial charge >= 0.3 is 33.1 Å². The number of aliphatic hydroxyl groups excluding tert-OH is 1. The standard InChI is InChI=1S/C66H95NO16P2/c1-6-11-19-35-56(82-84(73,43-14-9-4)78-48-53-30-23-17-24-31-53)45-59(68)67-62-64(81-61(70)46-57(36-20-12-7-2)83-85(74,44-15-10-5)79-49-54-32-25-18-26-33-54)63(71)58(80-66(62)75-42-13-8-3)50-77-65(72)55-40-38-51(39-41-55)34-27-37-60(69)76-47-52-28-21-16-22-29-52/h16-18,21-26,28-33,38-41,56-58,62-64,66,71H,6-15,19-20,27,34-37,42-50H2,1-5H3,(H,67,68)/t56-,57-,58-,62-,63-,64-,66-,84?,85?/m1/s1. The third-order valence-electron chi connectivity index (χ3n) is 14.5. The number of ether oxygens (including phenoxy) is 5. The van der Waals surface area contributed by atoms with Gasteiger partial charge in [-0.3, -0.25) is 23.5 Å². The van der Waals surface area contributed by atoms with Crippen molar-refractivity contribution < 1.29 is 75.2 Å². The summed E-state index contributed by atoms with van der Waals surface area (Å²) in [6.45, 7) is 9.99. The van der Waals surface area contributed by atoms with Crippen LogP contribution < -0.4 is 5.32 Å². The van der Waals surface area contributed by atoms with E-state index < -0.39 is 82.5 Å². The van der Waals surface area contributed by atoms with E-state index in [1.165, 1.54) is 0 Å². The summed E-state index contributed by atoms with van der Waals surface area (Å²) in [5, 5.41) is 15.3. The van der Waals surface area contributed by atoms with E-state index in [0.29, 0.717) is 57.8 Å². The van der Waals surface area contributed by atoms with Crippen molar-refractivity contribution in [2.75, 3.05) is 25.5 Å². The first-order valence-corrected chi connectivity index (χ1v) is 34.5. The SMILES string of the molecule is CCCCC[C@H](CC(=O)N[C@H]1[C@H](OCCCC)O[C@H](COC(=O)c2ccc(CCCC(=O)OCc3ccccc3)cc2)[C@@H](O)[C@@H]1OC(=O)C[C@@H](CCCCC)OP(=O)(CCCC)OCc1ccccc1)OP(=O)(CCCC)OCc1ccccc1. The number of rotatable bonds is 43. The largest absolute Gasteiger partial charge is 0.461 e. The Morgan fingerprint density at radius 3 is 1.59 bits per heavy atom. The van der Waals surface area contributed by atoms with Gasteiger partial charge in [-0.1, -0.05) is 196 Å². The molecule has 4 aromatic rings. The van der Waals surface area contributed by atoms with Crippen LogP contribution in [0, 0.1) is 0 Å². The number of nitrogens with one attached hydrogen (secondary N) is 1. The van der Waals surface area contributed by atoms with Gasteiger partial charge in [0.25, 0.3) is 0 Å². The van der Waals surface area contributed by atoms with Crippen LogP contribution >= 0.6 is 15.2 Å². The molecule has 0 aliphatic carbocycles. The summed E-state index contributed by atoms with van der Waals surface area (Å²) in [6.07, 6.45) is 2.74. The molecule has 0 bridgehead atoms. The number of aliphatic hydroxyl groups is 1. The Bertz CT molecular complexity index is 2610. The van der Waals surface area contributed by atoms with Gasteiger partial charge < -0.3 is 52.2 Å². The summed E-state index contributed by atoms with van der Waals surface area (Å²) in [7, 11) is -7.52. The summed E-state index contributed by atoms with van der Waals surface area (Å²) in [6, 6.07) is 33.6. The van der Waals surface area contributed by atoms with E-state index >= 15 is 0 Å². The van der Waals surface area contributed by atoms with Crippen LogP contribution in [0.2, 0.25) is 0 Å². The highest BCUT2D eigenvalue weighted by Gasteiger charge is 2.50. The maximum Gasteiger partial charge on any atom is 0.338 e. The average Bonchev–Trinajstić information content (AvgIpc) is 3.09. The molecule has 4 aromatic carbocycles. The highest BCUT2D eigenvalue weighted by atomic mass is 31.2. The van der Waals surface area contributed by atoms with Crippen molar-refractivity contribution in [2.45, 2.75) is 219 Å². The van der Waals surface area contributed by atoms with Crippen molar-refractivity contribution in [3.05, 3.63) is 143 Å². The first-order valence-electron chi connectivity index (χ1n) is 31.0. The average molecular weight is 1220 g/mol. The van der Waals surface area contributed by atoms with Crippen molar-refractivity contribution in [3.63, 3.8) is 0 Å². The molecule has 5 rings (SSSR count). The second-order valence-corrected chi connectivity index (χ2v) is 26.1. The van der Waals surface area contributed by atoms with Gasteiger partial charge in [-0.05, 0) is 79.3 Å². The number of unbranched alkanes of at least 4 members (excludes halogenated alkanes) is 7. The number of carbonyl (C=O) groups is 4. The second kappa shape index (κ2) is 39.7. The zero-order valence-corrected chi connectivity index (χ0v) is 52.7. The smallest absolute Gasteiger partial charge is 0.338 e. The number of amides is 1. The van der Waals surface area contributed by atoms with Crippen molar-refractivity contribution in [1.29, 1.82) is 0 Å². The van der Waals surface area contributed by atoms with Crippen LogP contribution in [0.4, 0.5) is 0 Å². The van der Waals surface area contributed by atoms with Crippen LogP contribution in [0.3, 0.4) is 0 Å². The van der Waals surface area contributed by atoms with Gasteiger partial charge in [-0.2, -0.15) is 0 Å².